The Morgan fingerprint density at radius 3 is 3.06 bits per heavy atom. The van der Waals surface area contributed by atoms with E-state index in [0.29, 0.717) is 6.42 Å². The van der Waals surface area contributed by atoms with Crippen LogP contribution in [0.1, 0.15) is 37.8 Å². The van der Waals surface area contributed by atoms with Crippen molar-refractivity contribution in [1.82, 2.24) is 9.88 Å². The zero-order chi connectivity index (χ0) is 12.3. The third-order valence-corrected chi connectivity index (χ3v) is 3.14. The van der Waals surface area contributed by atoms with Crippen LogP contribution in [0, 0.1) is 0 Å². The average molecular weight is 270 g/mol. The first kappa shape index (κ1) is 14.9. The summed E-state index contributed by atoms with van der Waals surface area (Å²) >= 11 is 0. The van der Waals surface area contributed by atoms with E-state index < -0.39 is 0 Å². The number of aromatic nitrogens is 1. The maximum absolute atomic E-state index is 12.1. The van der Waals surface area contributed by atoms with Gasteiger partial charge in [-0.2, -0.15) is 0 Å². The SMILES string of the molecule is CC(N)CC(=O)N1CCCC1c1cccnc1.Cl. The lowest BCUT2D eigenvalue weighted by molar-refractivity contribution is -0.132. The number of hydrogen-bond acceptors (Lipinski definition) is 3. The van der Waals surface area contributed by atoms with Crippen molar-refractivity contribution in [3.05, 3.63) is 30.1 Å². The highest BCUT2D eigenvalue weighted by Gasteiger charge is 2.29. The molecule has 2 rings (SSSR count). The lowest BCUT2D eigenvalue weighted by Gasteiger charge is -2.25. The maximum atomic E-state index is 12.1. The van der Waals surface area contributed by atoms with Crippen LogP contribution in [0.2, 0.25) is 0 Å². The Hall–Kier alpha value is -1.13. The van der Waals surface area contributed by atoms with E-state index in [1.54, 1.807) is 6.20 Å². The lowest BCUT2D eigenvalue weighted by atomic mass is 10.1. The molecule has 0 spiro atoms. The molecular formula is C13H20ClN3O. The molecule has 0 aromatic carbocycles. The summed E-state index contributed by atoms with van der Waals surface area (Å²) in [6.45, 7) is 2.71. The van der Waals surface area contributed by atoms with E-state index >= 15 is 0 Å². The van der Waals surface area contributed by atoms with Crippen LogP contribution in [0.15, 0.2) is 24.5 Å². The van der Waals surface area contributed by atoms with Crippen LogP contribution in [0.4, 0.5) is 0 Å². The van der Waals surface area contributed by atoms with Gasteiger partial charge in [0.1, 0.15) is 0 Å². The zero-order valence-electron chi connectivity index (χ0n) is 10.6. The van der Waals surface area contributed by atoms with Crippen molar-refractivity contribution < 1.29 is 4.79 Å². The van der Waals surface area contributed by atoms with Crippen LogP contribution in [0.3, 0.4) is 0 Å². The molecule has 18 heavy (non-hydrogen) atoms. The maximum Gasteiger partial charge on any atom is 0.224 e. The quantitative estimate of drug-likeness (QED) is 0.912. The van der Waals surface area contributed by atoms with Gasteiger partial charge >= 0.3 is 0 Å². The molecule has 4 nitrogen and oxygen atoms in total. The molecule has 2 heterocycles. The van der Waals surface area contributed by atoms with Gasteiger partial charge in [0.15, 0.2) is 0 Å². The Bertz CT molecular complexity index is 383. The van der Waals surface area contributed by atoms with Crippen molar-refractivity contribution in [3.8, 4) is 0 Å². The molecule has 1 aromatic heterocycles. The van der Waals surface area contributed by atoms with Gasteiger partial charge in [-0.3, -0.25) is 9.78 Å². The van der Waals surface area contributed by atoms with Gasteiger partial charge in [0.05, 0.1) is 6.04 Å². The number of carbonyl (C=O) groups excluding carboxylic acids is 1. The van der Waals surface area contributed by atoms with Crippen molar-refractivity contribution in [2.75, 3.05) is 6.54 Å². The minimum atomic E-state index is -0.0716. The number of rotatable bonds is 3. The summed E-state index contributed by atoms with van der Waals surface area (Å²) in [5.41, 5.74) is 6.81. The Balaban J connectivity index is 0.00000162. The number of halogens is 1. The zero-order valence-corrected chi connectivity index (χ0v) is 11.4. The minimum Gasteiger partial charge on any atom is -0.336 e. The molecule has 0 aliphatic carbocycles. The van der Waals surface area contributed by atoms with Crippen molar-refractivity contribution in [2.45, 2.75) is 38.3 Å². The van der Waals surface area contributed by atoms with Crippen LogP contribution in [0.5, 0.6) is 0 Å². The summed E-state index contributed by atoms with van der Waals surface area (Å²) in [6.07, 6.45) is 6.12. The molecule has 1 aliphatic heterocycles. The normalized spacial score (nSPS) is 20.3. The summed E-state index contributed by atoms with van der Waals surface area (Å²) in [5.74, 6) is 0.159. The second-order valence-corrected chi connectivity index (χ2v) is 4.71. The standard InChI is InChI=1S/C13H19N3O.ClH/c1-10(14)8-13(17)16-7-3-5-12(16)11-4-2-6-15-9-11;/h2,4,6,9-10,12H,3,5,7-8,14H2,1H3;1H. The summed E-state index contributed by atoms with van der Waals surface area (Å²) < 4.78 is 0. The first-order valence-electron chi connectivity index (χ1n) is 6.13. The minimum absolute atomic E-state index is 0. The largest absolute Gasteiger partial charge is 0.336 e. The molecule has 100 valence electrons. The van der Waals surface area contributed by atoms with Gasteiger partial charge in [0.2, 0.25) is 5.91 Å². The van der Waals surface area contributed by atoms with E-state index in [-0.39, 0.29) is 30.4 Å². The highest BCUT2D eigenvalue weighted by molar-refractivity contribution is 5.85. The second kappa shape index (κ2) is 6.71. The van der Waals surface area contributed by atoms with Gasteiger partial charge in [-0.05, 0) is 31.4 Å². The molecule has 0 saturated carbocycles. The fourth-order valence-electron chi connectivity index (χ4n) is 2.38. The predicted molar refractivity (Wildman–Crippen MR) is 73.4 cm³/mol. The van der Waals surface area contributed by atoms with E-state index in [4.69, 9.17) is 5.73 Å². The van der Waals surface area contributed by atoms with E-state index in [9.17, 15) is 4.79 Å². The Kier molecular flexibility index (Phi) is 5.56. The highest BCUT2D eigenvalue weighted by atomic mass is 35.5. The fraction of sp³-hybridized carbons (Fsp3) is 0.538. The Labute approximate surface area is 114 Å². The second-order valence-electron chi connectivity index (χ2n) is 4.71. The van der Waals surface area contributed by atoms with Crippen molar-refractivity contribution in [2.24, 2.45) is 5.73 Å². The third-order valence-electron chi connectivity index (χ3n) is 3.14. The smallest absolute Gasteiger partial charge is 0.224 e. The molecule has 1 saturated heterocycles. The van der Waals surface area contributed by atoms with Gasteiger partial charge in [-0.15, -0.1) is 12.4 Å². The molecule has 5 heteroatoms. The predicted octanol–water partition coefficient (Wildman–Crippen LogP) is 1.90. The number of likely N-dealkylation sites (tertiary alicyclic amines) is 1. The van der Waals surface area contributed by atoms with Crippen LogP contribution in [-0.4, -0.2) is 28.4 Å². The molecule has 1 aromatic rings. The number of amides is 1. The van der Waals surface area contributed by atoms with Crippen LogP contribution in [-0.2, 0) is 4.79 Å². The average Bonchev–Trinajstić information content (AvgIpc) is 2.78. The number of nitrogens with two attached hydrogens (primary N) is 1. The molecule has 1 aliphatic rings. The number of pyridine rings is 1. The number of nitrogens with zero attached hydrogens (tertiary/aromatic N) is 2. The van der Waals surface area contributed by atoms with Gasteiger partial charge in [-0.1, -0.05) is 6.07 Å². The highest BCUT2D eigenvalue weighted by Crippen LogP contribution is 2.31. The fourth-order valence-corrected chi connectivity index (χ4v) is 2.38. The van der Waals surface area contributed by atoms with Gasteiger partial charge in [0.25, 0.3) is 0 Å². The molecule has 2 atom stereocenters. The van der Waals surface area contributed by atoms with Crippen LogP contribution >= 0.6 is 12.4 Å². The summed E-state index contributed by atoms with van der Waals surface area (Å²) in [6, 6.07) is 4.07. The summed E-state index contributed by atoms with van der Waals surface area (Å²) in [5, 5.41) is 0. The van der Waals surface area contributed by atoms with Crippen LogP contribution in [0.25, 0.3) is 0 Å². The van der Waals surface area contributed by atoms with Gasteiger partial charge < -0.3 is 10.6 Å². The molecule has 1 amide bonds. The first-order valence-corrected chi connectivity index (χ1v) is 6.13. The third kappa shape index (κ3) is 3.43. The van der Waals surface area contributed by atoms with Crippen LogP contribution < -0.4 is 5.73 Å². The van der Waals surface area contributed by atoms with Crippen molar-refractivity contribution in [1.29, 1.82) is 0 Å². The first-order chi connectivity index (χ1) is 8.18. The number of carbonyl (C=O) groups is 1. The van der Waals surface area contributed by atoms with E-state index in [1.807, 2.05) is 30.2 Å². The summed E-state index contributed by atoms with van der Waals surface area (Å²) in [4.78, 5) is 18.1. The monoisotopic (exact) mass is 269 g/mol. The Morgan fingerprint density at radius 1 is 1.67 bits per heavy atom. The molecule has 0 bridgehead atoms. The van der Waals surface area contributed by atoms with E-state index in [1.165, 1.54) is 0 Å². The van der Waals surface area contributed by atoms with Crippen molar-refractivity contribution >= 4 is 18.3 Å². The van der Waals surface area contributed by atoms with Gasteiger partial charge in [-0.25, -0.2) is 0 Å². The molecule has 0 radical (unpaired) electrons. The Morgan fingerprint density at radius 2 is 2.44 bits per heavy atom. The van der Waals surface area contributed by atoms with Crippen molar-refractivity contribution in [3.63, 3.8) is 0 Å². The summed E-state index contributed by atoms with van der Waals surface area (Å²) in [7, 11) is 0. The van der Waals surface area contributed by atoms with Gasteiger partial charge in [0, 0.05) is 31.4 Å². The topological polar surface area (TPSA) is 59.2 Å². The number of hydrogen-bond donors (Lipinski definition) is 1. The molecule has 2 unspecified atom stereocenters. The lowest BCUT2D eigenvalue weighted by Crippen LogP contribution is -2.34. The molecule has 2 N–H and O–H groups in total. The van der Waals surface area contributed by atoms with E-state index in [2.05, 4.69) is 4.98 Å². The van der Waals surface area contributed by atoms with E-state index in [0.717, 1.165) is 24.9 Å². The molecule has 1 fully saturated rings. The molecular weight excluding hydrogens is 250 g/mol.